The first-order valence-corrected chi connectivity index (χ1v) is 8.25. The van der Waals surface area contributed by atoms with Gasteiger partial charge in [0.1, 0.15) is 13.2 Å². The summed E-state index contributed by atoms with van der Waals surface area (Å²) in [4.78, 5) is 8.53. The summed E-state index contributed by atoms with van der Waals surface area (Å²) in [6, 6.07) is 20.2. The molecule has 5 heteroatoms. The summed E-state index contributed by atoms with van der Waals surface area (Å²) in [5, 5.41) is 0. The minimum Gasteiger partial charge on any atom is -0.472 e. The molecular weight excluding hydrogens is 403 g/mol. The van der Waals surface area contributed by atoms with Crippen LogP contribution in [-0.2, 0) is 13.2 Å². The van der Waals surface area contributed by atoms with Gasteiger partial charge < -0.3 is 9.47 Å². The first-order valence-electron chi connectivity index (χ1n) is 7.17. The van der Waals surface area contributed by atoms with Gasteiger partial charge in [-0.15, -0.1) is 0 Å². The first kappa shape index (κ1) is 15.7. The SMILES string of the molecule is Ic1cnc(OCc2ccccc2)nc1OCc1ccccc1. The number of hydrogen-bond donors (Lipinski definition) is 0. The number of ether oxygens (including phenoxy) is 2. The maximum Gasteiger partial charge on any atom is 0.320 e. The van der Waals surface area contributed by atoms with Crippen LogP contribution in [0.25, 0.3) is 0 Å². The fourth-order valence-electron chi connectivity index (χ4n) is 1.96. The van der Waals surface area contributed by atoms with Crippen LogP contribution in [0.3, 0.4) is 0 Å². The van der Waals surface area contributed by atoms with Gasteiger partial charge in [0.2, 0.25) is 5.88 Å². The third kappa shape index (κ3) is 4.66. The number of halogens is 1. The van der Waals surface area contributed by atoms with Crippen molar-refractivity contribution in [2.75, 3.05) is 0 Å². The van der Waals surface area contributed by atoms with E-state index in [-0.39, 0.29) is 0 Å². The summed E-state index contributed by atoms with van der Waals surface area (Å²) in [5.41, 5.74) is 2.16. The molecule has 0 bridgehead atoms. The summed E-state index contributed by atoms with van der Waals surface area (Å²) in [5.74, 6) is 0.535. The van der Waals surface area contributed by atoms with Gasteiger partial charge in [-0.25, -0.2) is 4.98 Å². The van der Waals surface area contributed by atoms with E-state index in [1.807, 2.05) is 60.7 Å². The zero-order valence-electron chi connectivity index (χ0n) is 12.4. The van der Waals surface area contributed by atoms with Crippen molar-refractivity contribution in [1.29, 1.82) is 0 Å². The number of rotatable bonds is 6. The van der Waals surface area contributed by atoms with Crippen molar-refractivity contribution >= 4 is 22.6 Å². The summed E-state index contributed by atoms with van der Waals surface area (Å²) >= 11 is 2.15. The van der Waals surface area contributed by atoms with Gasteiger partial charge in [0.05, 0.1) is 9.77 Å². The Bertz CT molecular complexity index is 751. The monoisotopic (exact) mass is 418 g/mol. The average Bonchev–Trinajstić information content (AvgIpc) is 2.62. The highest BCUT2D eigenvalue weighted by Crippen LogP contribution is 2.21. The molecule has 0 saturated carbocycles. The van der Waals surface area contributed by atoms with Crippen molar-refractivity contribution < 1.29 is 9.47 Å². The fourth-order valence-corrected chi connectivity index (χ4v) is 2.37. The Morgan fingerprint density at radius 2 is 1.35 bits per heavy atom. The molecule has 1 aromatic heterocycles. The van der Waals surface area contributed by atoms with Crippen LogP contribution >= 0.6 is 22.6 Å². The van der Waals surface area contributed by atoms with E-state index in [1.165, 1.54) is 0 Å². The first-order chi connectivity index (χ1) is 11.3. The molecule has 4 nitrogen and oxygen atoms in total. The molecule has 0 aliphatic rings. The minimum atomic E-state index is 0.317. The highest BCUT2D eigenvalue weighted by Gasteiger charge is 2.08. The summed E-state index contributed by atoms with van der Waals surface area (Å²) in [6.45, 7) is 0.894. The summed E-state index contributed by atoms with van der Waals surface area (Å²) < 4.78 is 12.3. The van der Waals surface area contributed by atoms with Crippen LogP contribution in [0.5, 0.6) is 11.9 Å². The second kappa shape index (κ2) is 7.92. The molecule has 116 valence electrons. The van der Waals surface area contributed by atoms with E-state index < -0.39 is 0 Å². The van der Waals surface area contributed by atoms with E-state index in [0.717, 1.165) is 14.7 Å². The fraction of sp³-hybridized carbons (Fsp3) is 0.111. The third-order valence-electron chi connectivity index (χ3n) is 3.12. The van der Waals surface area contributed by atoms with Gasteiger partial charge >= 0.3 is 6.01 Å². The molecule has 0 fully saturated rings. The van der Waals surface area contributed by atoms with Gasteiger partial charge in [-0.2, -0.15) is 4.98 Å². The molecule has 0 spiro atoms. The second-order valence-corrected chi connectivity index (χ2v) is 6.02. The Morgan fingerprint density at radius 1 is 0.783 bits per heavy atom. The zero-order valence-corrected chi connectivity index (χ0v) is 14.5. The molecular formula is C18H15IN2O2. The van der Waals surface area contributed by atoms with Crippen LogP contribution in [0.4, 0.5) is 0 Å². The summed E-state index contributed by atoms with van der Waals surface area (Å²) in [7, 11) is 0. The molecule has 0 atom stereocenters. The largest absolute Gasteiger partial charge is 0.472 e. The Labute approximate surface area is 148 Å². The molecule has 2 aromatic carbocycles. The van der Waals surface area contributed by atoms with Crippen molar-refractivity contribution in [3.05, 3.63) is 81.6 Å². The quantitative estimate of drug-likeness (QED) is 0.562. The number of benzene rings is 2. The lowest BCUT2D eigenvalue weighted by Gasteiger charge is -2.09. The predicted octanol–water partition coefficient (Wildman–Crippen LogP) is 4.24. The van der Waals surface area contributed by atoms with Crippen LogP contribution in [0.2, 0.25) is 0 Å². The van der Waals surface area contributed by atoms with Gasteiger partial charge in [0.15, 0.2) is 0 Å². The zero-order chi connectivity index (χ0) is 15.9. The molecule has 3 rings (SSSR count). The Kier molecular flexibility index (Phi) is 5.42. The third-order valence-corrected chi connectivity index (χ3v) is 3.86. The lowest BCUT2D eigenvalue weighted by atomic mass is 10.2. The van der Waals surface area contributed by atoms with Crippen molar-refractivity contribution in [3.8, 4) is 11.9 Å². The molecule has 0 radical (unpaired) electrons. The lowest BCUT2D eigenvalue weighted by molar-refractivity contribution is 0.257. The maximum atomic E-state index is 5.78. The van der Waals surface area contributed by atoms with Gasteiger partial charge in [0, 0.05) is 0 Å². The normalized spacial score (nSPS) is 10.3. The minimum absolute atomic E-state index is 0.317. The molecule has 0 aliphatic carbocycles. The van der Waals surface area contributed by atoms with Gasteiger partial charge in [0.25, 0.3) is 0 Å². The van der Waals surface area contributed by atoms with Crippen molar-refractivity contribution in [2.45, 2.75) is 13.2 Å². The topological polar surface area (TPSA) is 44.2 Å². The van der Waals surface area contributed by atoms with Crippen LogP contribution in [0.15, 0.2) is 66.9 Å². The molecule has 0 aliphatic heterocycles. The number of aromatic nitrogens is 2. The van der Waals surface area contributed by atoms with Crippen LogP contribution in [0.1, 0.15) is 11.1 Å². The summed E-state index contributed by atoms with van der Waals surface area (Å²) in [6.07, 6.45) is 1.70. The van der Waals surface area contributed by atoms with Crippen LogP contribution in [0, 0.1) is 3.57 Å². The standard InChI is InChI=1S/C18H15IN2O2/c19-16-11-20-18(23-13-15-9-5-2-6-10-15)21-17(16)22-12-14-7-3-1-4-8-14/h1-11H,12-13H2. The van der Waals surface area contributed by atoms with Crippen molar-refractivity contribution in [3.63, 3.8) is 0 Å². The van der Waals surface area contributed by atoms with E-state index in [2.05, 4.69) is 32.6 Å². The molecule has 0 N–H and O–H groups in total. The van der Waals surface area contributed by atoms with Crippen molar-refractivity contribution in [2.24, 2.45) is 0 Å². The highest BCUT2D eigenvalue weighted by atomic mass is 127. The van der Waals surface area contributed by atoms with E-state index in [4.69, 9.17) is 9.47 Å². The molecule has 1 heterocycles. The lowest BCUT2D eigenvalue weighted by Crippen LogP contribution is -2.04. The van der Waals surface area contributed by atoms with Crippen LogP contribution in [-0.4, -0.2) is 9.97 Å². The highest BCUT2D eigenvalue weighted by molar-refractivity contribution is 14.1. The Balaban J connectivity index is 1.64. The Morgan fingerprint density at radius 3 is 1.96 bits per heavy atom. The van der Waals surface area contributed by atoms with E-state index >= 15 is 0 Å². The van der Waals surface area contributed by atoms with E-state index in [0.29, 0.717) is 25.1 Å². The molecule has 0 unspecified atom stereocenters. The van der Waals surface area contributed by atoms with Gasteiger partial charge in [-0.3, -0.25) is 0 Å². The maximum absolute atomic E-state index is 5.78. The number of hydrogen-bond acceptors (Lipinski definition) is 4. The van der Waals surface area contributed by atoms with Gasteiger partial charge in [-0.1, -0.05) is 60.7 Å². The van der Waals surface area contributed by atoms with E-state index in [9.17, 15) is 0 Å². The smallest absolute Gasteiger partial charge is 0.320 e. The molecule has 0 saturated heterocycles. The van der Waals surface area contributed by atoms with E-state index in [1.54, 1.807) is 6.20 Å². The molecule has 23 heavy (non-hydrogen) atoms. The van der Waals surface area contributed by atoms with Gasteiger partial charge in [-0.05, 0) is 33.7 Å². The molecule has 3 aromatic rings. The predicted molar refractivity (Wildman–Crippen MR) is 96.3 cm³/mol. The number of nitrogens with zero attached hydrogens (tertiary/aromatic N) is 2. The van der Waals surface area contributed by atoms with Crippen molar-refractivity contribution in [1.82, 2.24) is 9.97 Å². The Hall–Kier alpha value is -2.15. The molecule has 0 amide bonds. The second-order valence-electron chi connectivity index (χ2n) is 4.85. The van der Waals surface area contributed by atoms with Crippen LogP contribution < -0.4 is 9.47 Å². The average molecular weight is 418 g/mol.